The highest BCUT2D eigenvalue weighted by Gasteiger charge is 2.46. The highest BCUT2D eigenvalue weighted by Crippen LogP contribution is 2.33. The lowest BCUT2D eigenvalue weighted by Gasteiger charge is -2.28. The van der Waals surface area contributed by atoms with E-state index in [0.29, 0.717) is 28.0 Å². The fourth-order valence-electron chi connectivity index (χ4n) is 3.36. The summed E-state index contributed by atoms with van der Waals surface area (Å²) in [5.41, 5.74) is 1.19. The van der Waals surface area contributed by atoms with Gasteiger partial charge >= 0.3 is 0 Å². The molecule has 1 unspecified atom stereocenters. The summed E-state index contributed by atoms with van der Waals surface area (Å²) in [7, 11) is 3.42. The van der Waals surface area contributed by atoms with Crippen molar-refractivity contribution in [3.63, 3.8) is 0 Å². The number of nitrogens with one attached hydrogen (secondary N) is 1. The molecule has 1 N–H and O–H groups in total. The monoisotopic (exact) mass is 432 g/mol. The summed E-state index contributed by atoms with van der Waals surface area (Å²) in [5.74, 6) is -0.306. The molecule has 0 spiro atoms. The van der Waals surface area contributed by atoms with E-state index in [0.717, 1.165) is 5.56 Å². The maximum Gasteiger partial charge on any atom is 0.245 e. The van der Waals surface area contributed by atoms with Crippen LogP contribution in [0, 0.1) is 5.41 Å². The van der Waals surface area contributed by atoms with Crippen LogP contribution in [-0.2, 0) is 9.59 Å². The van der Waals surface area contributed by atoms with Crippen molar-refractivity contribution in [2.75, 3.05) is 32.5 Å². The second-order valence-corrected chi connectivity index (χ2v) is 8.24. The van der Waals surface area contributed by atoms with E-state index in [4.69, 9.17) is 23.2 Å². The van der Waals surface area contributed by atoms with E-state index < -0.39 is 5.41 Å². The van der Waals surface area contributed by atoms with E-state index in [-0.39, 0.29) is 18.4 Å². The molecular weight excluding hydrogens is 411 g/mol. The molecule has 0 aromatic heterocycles. The smallest absolute Gasteiger partial charge is 0.245 e. The van der Waals surface area contributed by atoms with Gasteiger partial charge in [0, 0.05) is 29.8 Å². The van der Waals surface area contributed by atoms with Gasteiger partial charge in [0.05, 0.1) is 12.3 Å². The predicted octanol–water partition coefficient (Wildman–Crippen LogP) is 3.75. The maximum absolute atomic E-state index is 13.0. The van der Waals surface area contributed by atoms with Crippen LogP contribution in [0.2, 0.25) is 10.0 Å². The average Bonchev–Trinajstić information content (AvgIpc) is 3.00. The van der Waals surface area contributed by atoms with Gasteiger partial charge in [-0.3, -0.25) is 14.6 Å². The Balaban J connectivity index is 1.82. The summed E-state index contributed by atoms with van der Waals surface area (Å²) >= 11 is 11.9. The van der Waals surface area contributed by atoms with Gasteiger partial charge in [-0.2, -0.15) is 5.10 Å². The molecule has 29 heavy (non-hydrogen) atoms. The van der Waals surface area contributed by atoms with Crippen LogP contribution in [0.1, 0.15) is 12.5 Å². The maximum atomic E-state index is 13.0. The second-order valence-electron chi connectivity index (χ2n) is 7.36. The Labute approximate surface area is 180 Å². The van der Waals surface area contributed by atoms with Crippen LogP contribution in [0.25, 0.3) is 0 Å². The highest BCUT2D eigenvalue weighted by atomic mass is 35.5. The van der Waals surface area contributed by atoms with Crippen molar-refractivity contribution >= 4 is 46.4 Å². The molecule has 2 aromatic carbocycles. The van der Waals surface area contributed by atoms with Gasteiger partial charge in [-0.15, -0.1) is 0 Å². The van der Waals surface area contributed by atoms with Crippen LogP contribution in [0.4, 0.5) is 5.69 Å². The standard InChI is InChI=1S/C21H22Cl2N4O2/c1-21(20(29)26(2)3)13-27(25-19(21)14-4-6-15(22)7-5-14)12-18(28)24-17-10-8-16(23)9-11-17/h4-11H,12-13H2,1-3H3,(H,24,28). The molecule has 0 bridgehead atoms. The van der Waals surface area contributed by atoms with E-state index in [1.165, 1.54) is 0 Å². The van der Waals surface area contributed by atoms with Crippen LogP contribution >= 0.6 is 23.2 Å². The molecule has 8 heteroatoms. The number of benzene rings is 2. The number of hydrogen-bond acceptors (Lipinski definition) is 4. The van der Waals surface area contributed by atoms with E-state index in [9.17, 15) is 9.59 Å². The van der Waals surface area contributed by atoms with Crippen molar-refractivity contribution in [2.45, 2.75) is 6.92 Å². The second kappa shape index (κ2) is 8.43. The van der Waals surface area contributed by atoms with E-state index in [2.05, 4.69) is 10.4 Å². The summed E-state index contributed by atoms with van der Waals surface area (Å²) in [5, 5.41) is 10.3. The molecule has 0 saturated carbocycles. The summed E-state index contributed by atoms with van der Waals surface area (Å²) in [6.07, 6.45) is 0. The Bertz CT molecular complexity index is 942. The lowest BCUT2D eigenvalue weighted by atomic mass is 9.81. The van der Waals surface area contributed by atoms with Gasteiger partial charge in [0.2, 0.25) is 11.8 Å². The molecular formula is C21H22Cl2N4O2. The zero-order valence-electron chi connectivity index (χ0n) is 16.4. The van der Waals surface area contributed by atoms with Crippen LogP contribution in [0.5, 0.6) is 0 Å². The number of nitrogens with zero attached hydrogens (tertiary/aromatic N) is 3. The normalized spacial score (nSPS) is 18.4. The summed E-state index contributed by atoms with van der Waals surface area (Å²) < 4.78 is 0. The average molecular weight is 433 g/mol. The Morgan fingerprint density at radius 1 is 1.07 bits per heavy atom. The topological polar surface area (TPSA) is 65.0 Å². The molecule has 0 fully saturated rings. The quantitative estimate of drug-likeness (QED) is 0.782. The molecule has 2 aromatic rings. The van der Waals surface area contributed by atoms with Crippen LogP contribution < -0.4 is 5.32 Å². The van der Waals surface area contributed by atoms with Gasteiger partial charge in [-0.25, -0.2) is 0 Å². The number of hydrazone groups is 1. The number of amides is 2. The Morgan fingerprint density at radius 2 is 1.62 bits per heavy atom. The molecule has 2 amide bonds. The van der Waals surface area contributed by atoms with E-state index in [1.807, 2.05) is 19.1 Å². The first-order valence-electron chi connectivity index (χ1n) is 9.06. The van der Waals surface area contributed by atoms with Crippen LogP contribution in [0.15, 0.2) is 53.6 Å². The summed E-state index contributed by atoms with van der Waals surface area (Å²) in [6.45, 7) is 2.17. The zero-order valence-corrected chi connectivity index (χ0v) is 18.0. The zero-order chi connectivity index (χ0) is 21.2. The third-order valence-corrected chi connectivity index (χ3v) is 5.22. The molecule has 0 radical (unpaired) electrons. The number of carbonyl (C=O) groups is 2. The number of rotatable bonds is 5. The summed E-state index contributed by atoms with van der Waals surface area (Å²) in [6, 6.07) is 14.1. The van der Waals surface area contributed by atoms with Gasteiger partial charge in [-0.1, -0.05) is 35.3 Å². The number of halogens is 2. The third-order valence-electron chi connectivity index (χ3n) is 4.71. The van der Waals surface area contributed by atoms with E-state index >= 15 is 0 Å². The third kappa shape index (κ3) is 4.71. The first-order chi connectivity index (χ1) is 13.7. The van der Waals surface area contributed by atoms with Gasteiger partial charge in [0.15, 0.2) is 0 Å². The largest absolute Gasteiger partial charge is 0.348 e. The predicted molar refractivity (Wildman–Crippen MR) is 116 cm³/mol. The van der Waals surface area contributed by atoms with Crippen molar-refractivity contribution in [2.24, 2.45) is 10.5 Å². The molecule has 6 nitrogen and oxygen atoms in total. The Morgan fingerprint density at radius 3 is 2.17 bits per heavy atom. The number of carbonyl (C=O) groups excluding carboxylic acids is 2. The minimum absolute atomic E-state index is 0.0238. The van der Waals surface area contributed by atoms with Crippen molar-refractivity contribution in [1.82, 2.24) is 9.91 Å². The molecule has 1 heterocycles. The van der Waals surface area contributed by atoms with Gasteiger partial charge < -0.3 is 10.2 Å². The molecule has 1 atom stereocenters. The summed E-state index contributed by atoms with van der Waals surface area (Å²) in [4.78, 5) is 27.0. The van der Waals surface area contributed by atoms with Gasteiger partial charge in [0.25, 0.3) is 0 Å². The molecule has 0 aliphatic carbocycles. The van der Waals surface area contributed by atoms with Crippen LogP contribution in [0.3, 0.4) is 0 Å². The van der Waals surface area contributed by atoms with Gasteiger partial charge in [-0.05, 0) is 48.9 Å². The minimum atomic E-state index is -0.877. The molecule has 0 saturated heterocycles. The van der Waals surface area contributed by atoms with Gasteiger partial charge in [0.1, 0.15) is 12.0 Å². The number of hydrogen-bond donors (Lipinski definition) is 1. The lowest BCUT2D eigenvalue weighted by molar-refractivity contribution is -0.135. The first-order valence-corrected chi connectivity index (χ1v) is 9.82. The van der Waals surface area contributed by atoms with Crippen molar-refractivity contribution in [3.05, 3.63) is 64.1 Å². The molecule has 152 valence electrons. The Hall–Kier alpha value is -2.57. The van der Waals surface area contributed by atoms with Crippen LogP contribution in [-0.4, -0.2) is 54.6 Å². The minimum Gasteiger partial charge on any atom is -0.348 e. The van der Waals surface area contributed by atoms with Crippen molar-refractivity contribution in [1.29, 1.82) is 0 Å². The fraction of sp³-hybridized carbons (Fsp3) is 0.286. The first kappa shape index (κ1) is 21.1. The molecule has 3 rings (SSSR count). The van der Waals surface area contributed by atoms with Crippen molar-refractivity contribution in [3.8, 4) is 0 Å². The molecule has 1 aliphatic heterocycles. The fourth-order valence-corrected chi connectivity index (χ4v) is 3.62. The lowest BCUT2D eigenvalue weighted by Crippen LogP contribution is -2.46. The number of anilines is 1. The molecule has 1 aliphatic rings. The highest BCUT2D eigenvalue weighted by molar-refractivity contribution is 6.31. The Kier molecular flexibility index (Phi) is 6.15. The van der Waals surface area contributed by atoms with Crippen molar-refractivity contribution < 1.29 is 9.59 Å². The van der Waals surface area contributed by atoms with E-state index in [1.54, 1.807) is 60.4 Å². The SMILES string of the molecule is CN(C)C(=O)C1(C)CN(CC(=O)Nc2ccc(Cl)cc2)N=C1c1ccc(Cl)cc1.